The summed E-state index contributed by atoms with van der Waals surface area (Å²) in [4.78, 5) is 12.1. The lowest BCUT2D eigenvalue weighted by atomic mass is 9.70. The summed E-state index contributed by atoms with van der Waals surface area (Å²) in [5.41, 5.74) is 6.52. The van der Waals surface area contributed by atoms with E-state index in [1.165, 1.54) is 17.3 Å². The average Bonchev–Trinajstić information content (AvgIpc) is 2.90. The first-order chi connectivity index (χ1) is 9.33. The number of ether oxygens (including phenoxy) is 1. The van der Waals surface area contributed by atoms with E-state index in [1.54, 1.807) is 6.20 Å². The van der Waals surface area contributed by atoms with Crippen molar-refractivity contribution >= 4 is 11.7 Å². The van der Waals surface area contributed by atoms with Crippen LogP contribution >= 0.6 is 0 Å². The first-order valence-electron chi connectivity index (χ1n) is 7.30. The molecular formula is C15H23N3O2. The molecule has 3 atom stereocenters. The molecule has 20 heavy (non-hydrogen) atoms. The molecule has 0 saturated heterocycles. The van der Waals surface area contributed by atoms with Crippen LogP contribution < -0.4 is 5.73 Å². The number of rotatable bonds is 3. The van der Waals surface area contributed by atoms with Gasteiger partial charge in [-0.3, -0.25) is 9.48 Å². The number of hydrogen-bond acceptors (Lipinski definition) is 4. The van der Waals surface area contributed by atoms with Crippen LogP contribution in [0, 0.1) is 16.7 Å². The van der Waals surface area contributed by atoms with Crippen molar-refractivity contribution in [2.45, 2.75) is 52.7 Å². The molecule has 2 fully saturated rings. The smallest absolute Gasteiger partial charge is 0.328 e. The van der Waals surface area contributed by atoms with E-state index in [0.717, 1.165) is 12.8 Å². The van der Waals surface area contributed by atoms with Crippen molar-refractivity contribution in [2.75, 3.05) is 5.73 Å². The zero-order valence-corrected chi connectivity index (χ0v) is 12.4. The topological polar surface area (TPSA) is 70.1 Å². The second kappa shape index (κ2) is 4.24. The summed E-state index contributed by atoms with van der Waals surface area (Å²) in [6, 6.07) is 0. The van der Waals surface area contributed by atoms with Gasteiger partial charge < -0.3 is 10.5 Å². The van der Waals surface area contributed by atoms with E-state index >= 15 is 0 Å². The number of nitrogens with two attached hydrogens (primary N) is 1. The number of hydrogen-bond donors (Lipinski definition) is 1. The van der Waals surface area contributed by atoms with Crippen LogP contribution in [0.5, 0.6) is 0 Å². The van der Waals surface area contributed by atoms with Crippen LogP contribution in [-0.2, 0) is 16.1 Å². The SMILES string of the molecule is CC1(C)C2CCC1(C)C(OC(=O)Cn1cc(N)cn1)C2. The molecule has 2 bridgehead atoms. The summed E-state index contributed by atoms with van der Waals surface area (Å²) in [5, 5.41) is 4.02. The van der Waals surface area contributed by atoms with Crippen LogP contribution in [-0.4, -0.2) is 21.9 Å². The fourth-order valence-electron chi connectivity index (χ4n) is 4.10. The zero-order chi connectivity index (χ0) is 14.5. The Balaban J connectivity index is 1.66. The molecule has 5 heteroatoms. The third-order valence-corrected chi connectivity index (χ3v) is 5.93. The van der Waals surface area contributed by atoms with Gasteiger partial charge in [-0.1, -0.05) is 20.8 Å². The predicted octanol–water partition coefficient (Wildman–Crippen LogP) is 2.22. The minimum absolute atomic E-state index is 0.0386. The van der Waals surface area contributed by atoms with Crippen molar-refractivity contribution in [3.05, 3.63) is 12.4 Å². The van der Waals surface area contributed by atoms with E-state index in [2.05, 4.69) is 25.9 Å². The Labute approximate surface area is 119 Å². The Morgan fingerprint density at radius 3 is 2.80 bits per heavy atom. The minimum atomic E-state index is -0.220. The maximum Gasteiger partial charge on any atom is 0.328 e. The molecule has 1 heterocycles. The summed E-state index contributed by atoms with van der Waals surface area (Å²) in [6.45, 7) is 7.03. The van der Waals surface area contributed by atoms with Gasteiger partial charge in [0.2, 0.25) is 0 Å². The van der Waals surface area contributed by atoms with Crippen LogP contribution in [0.2, 0.25) is 0 Å². The lowest BCUT2D eigenvalue weighted by Gasteiger charge is -2.38. The Bertz CT molecular complexity index is 537. The molecule has 2 aliphatic carbocycles. The second-order valence-electron chi connectivity index (χ2n) is 7.06. The minimum Gasteiger partial charge on any atom is -0.460 e. The van der Waals surface area contributed by atoms with Crippen molar-refractivity contribution in [3.8, 4) is 0 Å². The molecule has 1 aromatic rings. The van der Waals surface area contributed by atoms with Gasteiger partial charge in [-0.25, -0.2) is 0 Å². The van der Waals surface area contributed by atoms with Crippen LogP contribution in [0.25, 0.3) is 0 Å². The lowest BCUT2D eigenvalue weighted by molar-refractivity contribution is -0.157. The number of anilines is 1. The molecule has 2 aliphatic rings. The number of esters is 1. The van der Waals surface area contributed by atoms with Gasteiger partial charge in [0.15, 0.2) is 0 Å². The average molecular weight is 277 g/mol. The third kappa shape index (κ3) is 1.83. The van der Waals surface area contributed by atoms with Gasteiger partial charge in [-0.2, -0.15) is 5.10 Å². The van der Waals surface area contributed by atoms with Crippen molar-refractivity contribution in [2.24, 2.45) is 16.7 Å². The Hall–Kier alpha value is -1.52. The van der Waals surface area contributed by atoms with Crippen LogP contribution in [0.15, 0.2) is 12.4 Å². The molecule has 3 rings (SSSR count). The van der Waals surface area contributed by atoms with Gasteiger partial charge in [0.25, 0.3) is 0 Å². The summed E-state index contributed by atoms with van der Waals surface area (Å²) in [7, 11) is 0. The van der Waals surface area contributed by atoms with E-state index in [0.29, 0.717) is 11.6 Å². The summed E-state index contributed by atoms with van der Waals surface area (Å²) in [5.74, 6) is 0.452. The zero-order valence-electron chi connectivity index (χ0n) is 12.4. The molecule has 1 aromatic heterocycles. The fourth-order valence-corrected chi connectivity index (χ4v) is 4.10. The highest BCUT2D eigenvalue weighted by Crippen LogP contribution is 2.66. The van der Waals surface area contributed by atoms with Crippen molar-refractivity contribution in [3.63, 3.8) is 0 Å². The van der Waals surface area contributed by atoms with Crippen molar-refractivity contribution in [1.82, 2.24) is 9.78 Å². The third-order valence-electron chi connectivity index (χ3n) is 5.93. The van der Waals surface area contributed by atoms with Gasteiger partial charge in [0, 0.05) is 11.6 Å². The molecule has 2 saturated carbocycles. The number of aromatic nitrogens is 2. The summed E-state index contributed by atoms with van der Waals surface area (Å²) < 4.78 is 7.28. The van der Waals surface area contributed by atoms with E-state index in [-0.39, 0.29) is 29.4 Å². The largest absolute Gasteiger partial charge is 0.460 e. The Morgan fingerprint density at radius 1 is 1.55 bits per heavy atom. The normalized spacial score (nSPS) is 34.4. The monoisotopic (exact) mass is 277 g/mol. The number of fused-ring (bicyclic) bond motifs is 2. The van der Waals surface area contributed by atoms with Gasteiger partial charge in [-0.15, -0.1) is 0 Å². The number of nitrogen functional groups attached to an aromatic ring is 1. The quantitative estimate of drug-likeness (QED) is 0.860. The molecule has 0 aliphatic heterocycles. The predicted molar refractivity (Wildman–Crippen MR) is 75.7 cm³/mol. The molecule has 0 amide bonds. The van der Waals surface area contributed by atoms with Gasteiger partial charge in [0.05, 0.1) is 11.9 Å². The first-order valence-corrected chi connectivity index (χ1v) is 7.30. The van der Waals surface area contributed by atoms with Crippen molar-refractivity contribution in [1.29, 1.82) is 0 Å². The van der Waals surface area contributed by atoms with E-state index in [9.17, 15) is 4.79 Å². The highest BCUT2D eigenvalue weighted by molar-refractivity contribution is 5.69. The van der Waals surface area contributed by atoms with Gasteiger partial charge in [-0.05, 0) is 30.6 Å². The van der Waals surface area contributed by atoms with Gasteiger partial charge >= 0.3 is 5.97 Å². The molecule has 2 N–H and O–H groups in total. The van der Waals surface area contributed by atoms with Gasteiger partial charge in [0.1, 0.15) is 12.6 Å². The van der Waals surface area contributed by atoms with E-state index in [1.807, 2.05) is 0 Å². The lowest BCUT2D eigenvalue weighted by Crippen LogP contribution is -2.38. The Morgan fingerprint density at radius 2 is 2.30 bits per heavy atom. The molecule has 110 valence electrons. The van der Waals surface area contributed by atoms with E-state index in [4.69, 9.17) is 10.5 Å². The summed E-state index contributed by atoms with van der Waals surface area (Å²) >= 11 is 0. The molecule has 3 unspecified atom stereocenters. The molecule has 0 aromatic carbocycles. The highest BCUT2D eigenvalue weighted by atomic mass is 16.5. The standard InChI is InChI=1S/C15H23N3O2/c1-14(2)10-4-5-15(14,3)12(6-10)20-13(19)9-18-8-11(16)7-17-18/h7-8,10,12H,4-6,9,16H2,1-3H3. The molecule has 5 nitrogen and oxygen atoms in total. The number of nitrogens with zero attached hydrogens (tertiary/aromatic N) is 2. The highest BCUT2D eigenvalue weighted by Gasteiger charge is 2.62. The maximum atomic E-state index is 12.1. The van der Waals surface area contributed by atoms with Crippen LogP contribution in [0.1, 0.15) is 40.0 Å². The number of carbonyl (C=O) groups excluding carboxylic acids is 1. The summed E-state index contributed by atoms with van der Waals surface area (Å²) in [6.07, 6.45) is 6.63. The first kappa shape index (κ1) is 13.5. The van der Waals surface area contributed by atoms with Crippen LogP contribution in [0.4, 0.5) is 5.69 Å². The number of carbonyl (C=O) groups is 1. The molecule has 0 spiro atoms. The maximum absolute atomic E-state index is 12.1. The second-order valence-corrected chi connectivity index (χ2v) is 7.06. The molecule has 0 radical (unpaired) electrons. The van der Waals surface area contributed by atoms with E-state index < -0.39 is 0 Å². The van der Waals surface area contributed by atoms with Crippen molar-refractivity contribution < 1.29 is 9.53 Å². The fraction of sp³-hybridized carbons (Fsp3) is 0.733. The van der Waals surface area contributed by atoms with Crippen LogP contribution in [0.3, 0.4) is 0 Å². The Kier molecular flexibility index (Phi) is 2.85. The molecular weight excluding hydrogens is 254 g/mol.